The van der Waals surface area contributed by atoms with E-state index >= 15 is 0 Å². The summed E-state index contributed by atoms with van der Waals surface area (Å²) in [7, 11) is 0. The molecule has 0 saturated heterocycles. The van der Waals surface area contributed by atoms with Gasteiger partial charge in [-0.1, -0.05) is 0 Å². The van der Waals surface area contributed by atoms with E-state index in [9.17, 15) is 19.8 Å². The number of Topliss-reactive ketones (excluding diaryl/α,β-unsaturated/α-hetero) is 1. The zero-order valence-corrected chi connectivity index (χ0v) is 9.86. The monoisotopic (exact) mass is 265 g/mol. The second kappa shape index (κ2) is 8.95. The van der Waals surface area contributed by atoms with Gasteiger partial charge >= 0.3 is 5.97 Å². The summed E-state index contributed by atoms with van der Waals surface area (Å²) >= 11 is 0. The third-order valence-electron chi connectivity index (χ3n) is 2.20. The highest BCUT2D eigenvalue weighted by Crippen LogP contribution is 2.02. The molecule has 0 saturated carbocycles. The minimum atomic E-state index is -1.92. The fourth-order valence-electron chi connectivity index (χ4n) is 1.06. The van der Waals surface area contributed by atoms with Gasteiger partial charge in [0.2, 0.25) is 5.78 Å². The first-order valence-electron chi connectivity index (χ1n) is 5.47. The molecule has 0 aliphatic carbocycles. The van der Waals surface area contributed by atoms with E-state index in [4.69, 9.17) is 15.9 Å². The molecule has 0 rings (SSSR count). The molecule has 0 aromatic carbocycles. The maximum absolute atomic E-state index is 11.3. The van der Waals surface area contributed by atoms with Crippen LogP contribution in [0.15, 0.2) is 0 Å². The number of nitrogens with two attached hydrogens (primary N) is 1. The molecule has 0 heterocycles. The van der Waals surface area contributed by atoms with Crippen molar-refractivity contribution in [3.63, 3.8) is 0 Å². The number of ether oxygens (including phenoxy) is 1. The van der Waals surface area contributed by atoms with Crippen molar-refractivity contribution in [3.05, 3.63) is 0 Å². The van der Waals surface area contributed by atoms with Crippen LogP contribution in [-0.4, -0.2) is 70.2 Å². The molecule has 0 radical (unpaired) electrons. The average Bonchev–Trinajstić information content (AvgIpc) is 2.39. The Morgan fingerprint density at radius 3 is 2.33 bits per heavy atom. The summed E-state index contributed by atoms with van der Waals surface area (Å²) in [6.07, 6.45) is -4.92. The molecule has 0 aliphatic rings. The normalized spacial score (nSPS) is 15.8. The summed E-state index contributed by atoms with van der Waals surface area (Å²) < 4.78 is 4.53. The van der Waals surface area contributed by atoms with Crippen LogP contribution in [0.4, 0.5) is 0 Å². The van der Waals surface area contributed by atoms with Crippen LogP contribution in [0.1, 0.15) is 12.8 Å². The van der Waals surface area contributed by atoms with Crippen LogP contribution in [0.25, 0.3) is 0 Å². The maximum Gasteiger partial charge on any atom is 0.306 e. The number of carbonyl (C=O) groups is 2. The van der Waals surface area contributed by atoms with E-state index in [1.807, 2.05) is 0 Å². The number of carbonyl (C=O) groups excluding carboxylic acids is 2. The number of esters is 1. The Hall–Kier alpha value is -1.06. The van der Waals surface area contributed by atoms with E-state index in [1.54, 1.807) is 0 Å². The smallest absolute Gasteiger partial charge is 0.306 e. The van der Waals surface area contributed by atoms with Gasteiger partial charge in [-0.3, -0.25) is 9.59 Å². The van der Waals surface area contributed by atoms with Gasteiger partial charge in [0.25, 0.3) is 0 Å². The van der Waals surface area contributed by atoms with Crippen molar-refractivity contribution in [1.82, 2.24) is 0 Å². The van der Waals surface area contributed by atoms with Crippen LogP contribution in [0.3, 0.4) is 0 Å². The van der Waals surface area contributed by atoms with Gasteiger partial charge in [0.15, 0.2) is 6.61 Å². The Kier molecular flexibility index (Phi) is 8.42. The Balaban J connectivity index is 4.05. The second-order valence-corrected chi connectivity index (χ2v) is 3.70. The topological polar surface area (TPSA) is 150 Å². The van der Waals surface area contributed by atoms with Crippen LogP contribution in [-0.2, 0) is 14.3 Å². The number of aliphatic hydroxyl groups is 4. The quantitative estimate of drug-likeness (QED) is 0.275. The predicted octanol–water partition coefficient (Wildman–Crippen LogP) is -3.09. The zero-order chi connectivity index (χ0) is 14.1. The van der Waals surface area contributed by atoms with Gasteiger partial charge in [0.1, 0.15) is 18.3 Å². The standard InChI is InChI=1S/C10H19NO7/c11-3-1-2-8(15)18-5-7(14)10(17)9(16)6(13)4-12/h6,9-10,12-13,16-17H,1-5,11H2/t6-,9-,10-/m1/s1. The highest BCUT2D eigenvalue weighted by molar-refractivity contribution is 5.86. The first-order valence-corrected chi connectivity index (χ1v) is 5.47. The second-order valence-electron chi connectivity index (χ2n) is 3.70. The van der Waals surface area contributed by atoms with Gasteiger partial charge in [0.05, 0.1) is 6.61 Å². The van der Waals surface area contributed by atoms with E-state index in [1.165, 1.54) is 0 Å². The lowest BCUT2D eigenvalue weighted by molar-refractivity contribution is -0.155. The molecule has 3 atom stereocenters. The van der Waals surface area contributed by atoms with Gasteiger partial charge in [0, 0.05) is 6.42 Å². The van der Waals surface area contributed by atoms with Crippen LogP contribution in [0.5, 0.6) is 0 Å². The number of aliphatic hydroxyl groups excluding tert-OH is 4. The fourth-order valence-corrected chi connectivity index (χ4v) is 1.06. The van der Waals surface area contributed by atoms with Crippen LogP contribution in [0, 0.1) is 0 Å². The summed E-state index contributed by atoms with van der Waals surface area (Å²) in [6.45, 7) is -1.20. The van der Waals surface area contributed by atoms with Crippen LogP contribution >= 0.6 is 0 Å². The number of hydrogen-bond acceptors (Lipinski definition) is 8. The highest BCUT2D eigenvalue weighted by atomic mass is 16.5. The summed E-state index contributed by atoms with van der Waals surface area (Å²) in [6, 6.07) is 0. The zero-order valence-electron chi connectivity index (χ0n) is 9.86. The van der Waals surface area contributed by atoms with Crippen molar-refractivity contribution < 1.29 is 34.8 Å². The maximum atomic E-state index is 11.3. The SMILES string of the molecule is NCCCC(=O)OCC(=O)[C@@H](O)[C@H](O)[C@H](O)CO. The molecule has 0 aliphatic heterocycles. The molecule has 6 N–H and O–H groups in total. The van der Waals surface area contributed by atoms with E-state index in [2.05, 4.69) is 4.74 Å². The van der Waals surface area contributed by atoms with E-state index in [0.717, 1.165) is 0 Å². The van der Waals surface area contributed by atoms with Crippen molar-refractivity contribution >= 4 is 11.8 Å². The fraction of sp³-hybridized carbons (Fsp3) is 0.800. The Morgan fingerprint density at radius 2 is 1.83 bits per heavy atom. The molecular formula is C10H19NO7. The van der Waals surface area contributed by atoms with Crippen LogP contribution in [0.2, 0.25) is 0 Å². The van der Waals surface area contributed by atoms with Crippen molar-refractivity contribution in [2.45, 2.75) is 31.2 Å². The summed E-state index contributed by atoms with van der Waals surface area (Å²) in [4.78, 5) is 22.3. The summed E-state index contributed by atoms with van der Waals surface area (Å²) in [5.41, 5.74) is 5.17. The van der Waals surface area contributed by atoms with Gasteiger partial charge < -0.3 is 30.9 Å². The van der Waals surface area contributed by atoms with Crippen molar-refractivity contribution in [1.29, 1.82) is 0 Å². The molecule has 0 aromatic rings. The van der Waals surface area contributed by atoms with Gasteiger partial charge in [-0.25, -0.2) is 0 Å². The minimum Gasteiger partial charge on any atom is -0.458 e. The molecule has 0 spiro atoms. The molecule has 0 aromatic heterocycles. The molecule has 18 heavy (non-hydrogen) atoms. The first kappa shape index (κ1) is 16.9. The highest BCUT2D eigenvalue weighted by Gasteiger charge is 2.30. The number of hydrogen-bond donors (Lipinski definition) is 5. The lowest BCUT2D eigenvalue weighted by Gasteiger charge is -2.20. The molecule has 106 valence electrons. The van der Waals surface area contributed by atoms with Crippen LogP contribution < -0.4 is 5.73 Å². The molecule has 0 amide bonds. The Bertz CT molecular complexity index is 271. The van der Waals surface area contributed by atoms with Gasteiger partial charge in [-0.2, -0.15) is 0 Å². The lowest BCUT2D eigenvalue weighted by atomic mass is 10.1. The minimum absolute atomic E-state index is 0.0572. The third-order valence-corrected chi connectivity index (χ3v) is 2.20. The summed E-state index contributed by atoms with van der Waals surface area (Å²) in [5, 5.41) is 36.0. The molecule has 8 heteroatoms. The van der Waals surface area contributed by atoms with Gasteiger partial charge in [-0.05, 0) is 13.0 Å². The molecule has 0 fully saturated rings. The number of ketones is 1. The van der Waals surface area contributed by atoms with Crippen molar-refractivity contribution in [2.24, 2.45) is 5.73 Å². The largest absolute Gasteiger partial charge is 0.458 e. The van der Waals surface area contributed by atoms with Gasteiger partial charge in [-0.15, -0.1) is 0 Å². The average molecular weight is 265 g/mol. The van der Waals surface area contributed by atoms with E-state index < -0.39 is 43.3 Å². The summed E-state index contributed by atoms with van der Waals surface area (Å²) in [5.74, 6) is -1.60. The Labute approximate surface area is 104 Å². The van der Waals surface area contributed by atoms with E-state index in [-0.39, 0.29) is 6.42 Å². The predicted molar refractivity (Wildman–Crippen MR) is 59.4 cm³/mol. The van der Waals surface area contributed by atoms with Crippen molar-refractivity contribution in [3.8, 4) is 0 Å². The van der Waals surface area contributed by atoms with E-state index in [0.29, 0.717) is 13.0 Å². The lowest BCUT2D eigenvalue weighted by Crippen LogP contribution is -2.45. The molecule has 8 nitrogen and oxygen atoms in total. The number of rotatable bonds is 9. The first-order chi connectivity index (χ1) is 8.43. The molecule has 0 bridgehead atoms. The third kappa shape index (κ3) is 6.03. The van der Waals surface area contributed by atoms with Crippen molar-refractivity contribution in [2.75, 3.05) is 19.8 Å². The molecule has 0 unspecified atom stereocenters. The molecular weight excluding hydrogens is 246 g/mol. The Morgan fingerprint density at radius 1 is 1.22 bits per heavy atom.